The van der Waals surface area contributed by atoms with Crippen LogP contribution < -0.4 is 32.5 Å². The molecule has 3 saturated carbocycles. The lowest BCUT2D eigenvalue weighted by Crippen LogP contribution is -2.50. The van der Waals surface area contributed by atoms with Gasteiger partial charge in [0.1, 0.15) is 28.6 Å². The number of aliphatic carboxylic acids is 1. The molecule has 0 radical (unpaired) electrons. The molecule has 2 aromatic carbocycles. The van der Waals surface area contributed by atoms with Crippen molar-refractivity contribution in [2.45, 2.75) is 51.6 Å². The summed E-state index contributed by atoms with van der Waals surface area (Å²) in [7, 11) is 0. The number of anilines is 2. The first-order chi connectivity index (χ1) is 21.4. The van der Waals surface area contributed by atoms with E-state index in [0.29, 0.717) is 50.6 Å². The molecule has 0 unspecified atom stereocenters. The molecule has 2 aromatic heterocycles. The van der Waals surface area contributed by atoms with Crippen LogP contribution in [0.5, 0.6) is 0 Å². The lowest BCUT2D eigenvalue weighted by atomic mass is 9.53. The Morgan fingerprint density at radius 2 is 1.73 bits per heavy atom. The molecule has 3 aliphatic rings. The number of carbonyl (C=O) groups excluding carboxylic acids is 2. The second-order valence-electron chi connectivity index (χ2n) is 11.8. The van der Waals surface area contributed by atoms with Gasteiger partial charge in [-0.15, -0.1) is 0 Å². The first kappa shape index (κ1) is 30.1. The maximum absolute atomic E-state index is 14.4. The number of amides is 2. The topological polar surface area (TPSA) is 211 Å². The highest BCUT2D eigenvalue weighted by Gasteiger charge is 2.52. The third-order valence-corrected chi connectivity index (χ3v) is 9.49. The Morgan fingerprint density at radius 1 is 1.02 bits per heavy atom. The molecule has 45 heavy (non-hydrogen) atoms. The maximum atomic E-state index is 14.4. The fraction of sp³-hybridized carbons (Fsp3) is 0.379. The number of nitrogens with one attached hydrogen (secondary N) is 3. The van der Waals surface area contributed by atoms with Gasteiger partial charge in [0.05, 0.1) is 5.41 Å². The van der Waals surface area contributed by atoms with E-state index in [-0.39, 0.29) is 57.4 Å². The molecule has 0 atom stereocenters. The van der Waals surface area contributed by atoms with Gasteiger partial charge in [0.15, 0.2) is 0 Å². The molecule has 234 valence electrons. The summed E-state index contributed by atoms with van der Waals surface area (Å²) in [5, 5.41) is 21.7. The van der Waals surface area contributed by atoms with Crippen LogP contribution in [-0.2, 0) is 17.9 Å². The lowest BCUT2D eigenvalue weighted by Gasteiger charge is -2.51. The Morgan fingerprint density at radius 3 is 2.40 bits per heavy atom. The quantitative estimate of drug-likeness (QED) is 0.125. The van der Waals surface area contributed by atoms with Gasteiger partial charge in [-0.05, 0) is 85.1 Å². The van der Waals surface area contributed by atoms with Gasteiger partial charge in [-0.25, -0.2) is 13.8 Å². The number of nitrogens with two attached hydrogens (primary N) is 1. The van der Waals surface area contributed by atoms with Crippen LogP contribution in [0.4, 0.5) is 15.8 Å². The Kier molecular flexibility index (Phi) is 7.46. The van der Waals surface area contributed by atoms with E-state index in [2.05, 4.69) is 26.1 Å². The van der Waals surface area contributed by atoms with Crippen molar-refractivity contribution in [1.29, 1.82) is 0 Å². The van der Waals surface area contributed by atoms with Gasteiger partial charge in [0, 0.05) is 25.2 Å². The fourth-order valence-electron chi connectivity index (χ4n) is 6.26. The van der Waals surface area contributed by atoms with E-state index >= 15 is 0 Å². The number of hydrogen-bond donors (Lipinski definition) is 5. The molecule has 3 aliphatic carbocycles. The van der Waals surface area contributed by atoms with Crippen molar-refractivity contribution in [1.82, 2.24) is 25.2 Å². The lowest BCUT2D eigenvalue weighted by molar-refractivity contribution is -0.158. The summed E-state index contributed by atoms with van der Waals surface area (Å²) >= 11 is 5.18. The van der Waals surface area contributed by atoms with E-state index in [4.69, 9.17) is 22.5 Å². The van der Waals surface area contributed by atoms with Gasteiger partial charge in [0.25, 0.3) is 28.4 Å². The summed E-state index contributed by atoms with van der Waals surface area (Å²) in [6.45, 7) is 0.184. The Labute approximate surface area is 258 Å². The minimum atomic E-state index is -0.791. The molecule has 0 saturated heterocycles. The molecule has 3 fully saturated rings. The zero-order valence-corrected chi connectivity index (χ0v) is 24.6. The molecule has 0 spiro atoms. The van der Waals surface area contributed by atoms with Gasteiger partial charge in [0.2, 0.25) is 0 Å². The second-order valence-corrected chi connectivity index (χ2v) is 12.1. The summed E-state index contributed by atoms with van der Waals surface area (Å²) in [6.07, 6.45) is 3.78. The average Bonchev–Trinajstić information content (AvgIpc) is 3.44. The summed E-state index contributed by atoms with van der Waals surface area (Å²) in [4.78, 5) is 65.3. The minimum Gasteiger partial charge on any atom is -0.481 e. The highest BCUT2D eigenvalue weighted by Crippen LogP contribution is 2.56. The van der Waals surface area contributed by atoms with Crippen molar-refractivity contribution in [3.05, 3.63) is 77.9 Å². The highest BCUT2D eigenvalue weighted by molar-refractivity contribution is 7.71. The molecule has 4 aromatic rings. The monoisotopic (exact) mass is 637 g/mol. The van der Waals surface area contributed by atoms with E-state index in [1.807, 2.05) is 0 Å². The average molecular weight is 638 g/mol. The SMILES string of the molecule is Nc1c(NCc2cc(CNC(=O)c3cc(C(=O)NCC45CCC(C(=O)O)(CC4)CC5)n4c(=S)onc4n3)ccc2F)c(=O)c1=O. The molecule has 2 bridgehead atoms. The molecule has 16 heteroatoms. The van der Waals surface area contributed by atoms with Gasteiger partial charge in [-0.3, -0.25) is 24.0 Å². The van der Waals surface area contributed by atoms with Crippen LogP contribution in [0.25, 0.3) is 5.78 Å². The number of carboxylic acid groups (broad SMARTS) is 1. The molecule has 0 aliphatic heterocycles. The number of carbonyl (C=O) groups is 3. The number of aromatic nitrogens is 3. The summed E-state index contributed by atoms with van der Waals surface area (Å²) in [5.74, 6) is -2.59. The third kappa shape index (κ3) is 5.34. The van der Waals surface area contributed by atoms with E-state index in [1.54, 1.807) is 0 Å². The number of carboxylic acids is 1. The highest BCUT2D eigenvalue weighted by atomic mass is 32.1. The molecule has 7 rings (SSSR count). The van der Waals surface area contributed by atoms with E-state index in [9.17, 15) is 33.5 Å². The van der Waals surface area contributed by atoms with Crippen molar-refractivity contribution in [3.8, 4) is 0 Å². The van der Waals surface area contributed by atoms with Crippen LogP contribution in [0.15, 0.2) is 38.4 Å². The number of fused-ring (bicyclic) bond motifs is 4. The Bertz CT molecular complexity index is 1990. The first-order valence-corrected chi connectivity index (χ1v) is 14.6. The predicted molar refractivity (Wildman–Crippen MR) is 159 cm³/mol. The fourth-order valence-corrected chi connectivity index (χ4v) is 6.48. The molecular weight excluding hydrogens is 609 g/mol. The standard InChI is InChI=1S/C29H28FN7O7S/c30-16-2-1-14(9-15(16)12-32-20-19(31)21(38)22(20)39)11-33-23(40)17-10-18(37-26(35-17)36-44-27(37)45)24(41)34-13-28-3-6-29(7-4-28,8-5-28)25(42)43/h1-2,9-10,32H,3-8,11-13,31H2,(H,33,40)(H,34,41)(H,42,43). The molecule has 2 amide bonds. The second kappa shape index (κ2) is 11.2. The van der Waals surface area contributed by atoms with Crippen LogP contribution in [-0.4, -0.2) is 44.0 Å². The van der Waals surface area contributed by atoms with Crippen molar-refractivity contribution >= 4 is 47.2 Å². The summed E-state index contributed by atoms with van der Waals surface area (Å²) < 4.78 is 20.7. The third-order valence-electron chi connectivity index (χ3n) is 9.23. The van der Waals surface area contributed by atoms with Crippen LogP contribution in [0.2, 0.25) is 0 Å². The number of rotatable bonds is 10. The van der Waals surface area contributed by atoms with Crippen molar-refractivity contribution < 1.29 is 28.4 Å². The normalized spacial score (nSPS) is 20.7. The number of nitrogen functional groups attached to an aromatic ring is 1. The van der Waals surface area contributed by atoms with Crippen LogP contribution in [0.1, 0.15) is 70.6 Å². The van der Waals surface area contributed by atoms with Gasteiger partial charge < -0.3 is 31.3 Å². The first-order valence-electron chi connectivity index (χ1n) is 14.2. The number of benzene rings is 1. The largest absolute Gasteiger partial charge is 0.481 e. The number of hydrogen-bond acceptors (Lipinski definition) is 11. The minimum absolute atomic E-state index is 0.00737. The predicted octanol–water partition coefficient (Wildman–Crippen LogP) is 2.07. The van der Waals surface area contributed by atoms with E-state index < -0.39 is 39.9 Å². The zero-order chi connectivity index (χ0) is 32.1. The number of nitrogens with zero attached hydrogens (tertiary/aromatic N) is 3. The van der Waals surface area contributed by atoms with Crippen molar-refractivity contribution in [2.24, 2.45) is 10.8 Å². The van der Waals surface area contributed by atoms with Gasteiger partial charge in [-0.1, -0.05) is 6.07 Å². The molecule has 14 nitrogen and oxygen atoms in total. The molecule has 2 heterocycles. The van der Waals surface area contributed by atoms with Crippen LogP contribution in [0, 0.1) is 21.5 Å². The maximum Gasteiger partial charge on any atom is 0.309 e. The summed E-state index contributed by atoms with van der Waals surface area (Å²) in [5.41, 5.74) is 3.36. The van der Waals surface area contributed by atoms with E-state index in [0.717, 1.165) is 0 Å². The Hall–Kier alpha value is -4.99. The number of halogens is 1. The van der Waals surface area contributed by atoms with E-state index in [1.165, 1.54) is 28.7 Å². The van der Waals surface area contributed by atoms with Crippen LogP contribution >= 0.6 is 12.2 Å². The van der Waals surface area contributed by atoms with Crippen LogP contribution in [0.3, 0.4) is 0 Å². The molecular formula is C29H28FN7O7S. The Balaban J connectivity index is 1.14. The van der Waals surface area contributed by atoms with Crippen molar-refractivity contribution in [2.75, 3.05) is 17.6 Å². The van der Waals surface area contributed by atoms with Gasteiger partial charge in [-0.2, -0.15) is 0 Å². The zero-order valence-electron chi connectivity index (χ0n) is 23.8. The smallest absolute Gasteiger partial charge is 0.309 e. The molecule has 6 N–H and O–H groups in total. The van der Waals surface area contributed by atoms with Crippen molar-refractivity contribution in [3.63, 3.8) is 0 Å². The van der Waals surface area contributed by atoms with Gasteiger partial charge >= 0.3 is 10.8 Å². The summed E-state index contributed by atoms with van der Waals surface area (Å²) in [6, 6.07) is 5.42.